The van der Waals surface area contributed by atoms with E-state index in [1.54, 1.807) is 6.92 Å². The minimum atomic E-state index is -4.52. The third kappa shape index (κ3) is 5.29. The summed E-state index contributed by atoms with van der Waals surface area (Å²) in [4.78, 5) is 34.4. The number of rotatable bonds is 6. The van der Waals surface area contributed by atoms with E-state index in [9.17, 15) is 32.9 Å². The van der Waals surface area contributed by atoms with Crippen molar-refractivity contribution in [1.29, 1.82) is 0 Å². The highest BCUT2D eigenvalue weighted by Gasteiger charge is 2.30. The molecule has 0 aliphatic rings. The van der Waals surface area contributed by atoms with Gasteiger partial charge in [0.1, 0.15) is 0 Å². The number of ether oxygens (including phenoxy) is 1. The highest BCUT2D eigenvalue weighted by Crippen LogP contribution is 2.29. The minimum absolute atomic E-state index is 0.0403. The maximum Gasteiger partial charge on any atom is 0.416 e. The van der Waals surface area contributed by atoms with Crippen molar-refractivity contribution in [1.82, 2.24) is 5.32 Å². The lowest BCUT2D eigenvalue weighted by molar-refractivity contribution is -0.384. The van der Waals surface area contributed by atoms with Crippen molar-refractivity contribution >= 4 is 17.6 Å². The van der Waals surface area contributed by atoms with E-state index >= 15 is 0 Å². The monoisotopic (exact) mass is 396 g/mol. The molecule has 0 fully saturated rings. The molecule has 0 aliphatic carbocycles. The normalized spacial score (nSPS) is 11.0. The molecule has 0 radical (unpaired) electrons. The lowest BCUT2D eigenvalue weighted by Crippen LogP contribution is -2.23. The number of esters is 1. The van der Waals surface area contributed by atoms with E-state index in [-0.39, 0.29) is 29.8 Å². The van der Waals surface area contributed by atoms with Crippen LogP contribution < -0.4 is 5.32 Å². The predicted octanol–water partition coefficient (Wildman–Crippen LogP) is 3.72. The van der Waals surface area contributed by atoms with Crippen LogP contribution in [0, 0.1) is 10.1 Å². The summed E-state index contributed by atoms with van der Waals surface area (Å²) in [6.45, 7) is 1.36. The van der Waals surface area contributed by atoms with Crippen LogP contribution in [0.1, 0.15) is 38.8 Å². The molecule has 2 aromatic carbocycles. The quantitative estimate of drug-likeness (QED) is 0.456. The van der Waals surface area contributed by atoms with Gasteiger partial charge in [0.15, 0.2) is 0 Å². The van der Waals surface area contributed by atoms with Gasteiger partial charge in [-0.25, -0.2) is 4.79 Å². The predicted molar refractivity (Wildman–Crippen MR) is 91.7 cm³/mol. The fourth-order valence-electron chi connectivity index (χ4n) is 2.32. The molecule has 2 aromatic rings. The number of nitro benzene ring substituents is 1. The van der Waals surface area contributed by atoms with Crippen LogP contribution in [0.3, 0.4) is 0 Å². The van der Waals surface area contributed by atoms with Gasteiger partial charge in [-0.1, -0.05) is 12.1 Å². The van der Waals surface area contributed by atoms with Crippen LogP contribution in [-0.2, 0) is 17.5 Å². The molecule has 0 saturated carbocycles. The van der Waals surface area contributed by atoms with Gasteiger partial charge >= 0.3 is 12.1 Å². The molecule has 0 atom stereocenters. The first-order valence-electron chi connectivity index (χ1n) is 8.02. The van der Waals surface area contributed by atoms with Crippen LogP contribution in [0.15, 0.2) is 42.5 Å². The summed E-state index contributed by atoms with van der Waals surface area (Å²) >= 11 is 0. The molecule has 0 bridgehead atoms. The summed E-state index contributed by atoms with van der Waals surface area (Å²) in [7, 11) is 0. The standard InChI is InChI=1S/C18H15F3N2O5/c1-2-28-17(25)13-7-12(8-15(9-13)23(26)27)16(24)22-10-11-4-3-5-14(6-11)18(19,20)21/h3-9H,2,10H2,1H3,(H,22,24). The molecule has 10 heteroatoms. The molecule has 1 N–H and O–H groups in total. The zero-order chi connectivity index (χ0) is 20.9. The van der Waals surface area contributed by atoms with Gasteiger partial charge in [0.2, 0.25) is 0 Å². The molecular formula is C18H15F3N2O5. The number of carbonyl (C=O) groups excluding carboxylic acids is 2. The van der Waals surface area contributed by atoms with Gasteiger partial charge in [-0.05, 0) is 30.7 Å². The summed E-state index contributed by atoms with van der Waals surface area (Å²) in [6, 6.07) is 7.44. The first kappa shape index (κ1) is 20.9. The first-order chi connectivity index (χ1) is 13.1. The number of benzene rings is 2. The highest BCUT2D eigenvalue weighted by atomic mass is 19.4. The van der Waals surface area contributed by atoms with Crippen molar-refractivity contribution < 1.29 is 32.4 Å². The zero-order valence-corrected chi connectivity index (χ0v) is 14.6. The largest absolute Gasteiger partial charge is 0.462 e. The van der Waals surface area contributed by atoms with Crippen molar-refractivity contribution in [3.63, 3.8) is 0 Å². The lowest BCUT2D eigenvalue weighted by atomic mass is 10.1. The Balaban J connectivity index is 2.22. The van der Waals surface area contributed by atoms with E-state index in [1.807, 2.05) is 0 Å². The van der Waals surface area contributed by atoms with Crippen molar-refractivity contribution in [2.24, 2.45) is 0 Å². The molecule has 2 rings (SSSR count). The average Bonchev–Trinajstić information content (AvgIpc) is 2.65. The maximum absolute atomic E-state index is 12.7. The number of nitrogens with one attached hydrogen (secondary N) is 1. The molecule has 28 heavy (non-hydrogen) atoms. The maximum atomic E-state index is 12.7. The Morgan fingerprint density at radius 1 is 1.14 bits per heavy atom. The number of nitrogens with zero attached hydrogens (tertiary/aromatic N) is 1. The van der Waals surface area contributed by atoms with Crippen LogP contribution in [0.2, 0.25) is 0 Å². The third-order valence-corrected chi connectivity index (χ3v) is 3.61. The number of halogens is 3. The molecule has 148 valence electrons. The Hall–Kier alpha value is -3.43. The minimum Gasteiger partial charge on any atom is -0.462 e. The summed E-state index contributed by atoms with van der Waals surface area (Å²) in [5.74, 6) is -1.62. The van der Waals surface area contributed by atoms with E-state index in [0.29, 0.717) is 0 Å². The van der Waals surface area contributed by atoms with E-state index in [0.717, 1.165) is 30.3 Å². The van der Waals surface area contributed by atoms with Gasteiger partial charge in [0.05, 0.1) is 22.7 Å². The average molecular weight is 396 g/mol. The molecule has 7 nitrogen and oxygen atoms in total. The number of alkyl halides is 3. The van der Waals surface area contributed by atoms with E-state index in [2.05, 4.69) is 5.32 Å². The zero-order valence-electron chi connectivity index (χ0n) is 14.6. The second-order valence-electron chi connectivity index (χ2n) is 5.63. The Labute approximate surface area is 157 Å². The Morgan fingerprint density at radius 2 is 1.82 bits per heavy atom. The Bertz CT molecular complexity index is 912. The van der Waals surface area contributed by atoms with Crippen LogP contribution in [-0.4, -0.2) is 23.4 Å². The smallest absolute Gasteiger partial charge is 0.416 e. The lowest BCUT2D eigenvalue weighted by Gasteiger charge is -2.10. The van der Waals surface area contributed by atoms with Crippen molar-refractivity contribution in [3.8, 4) is 0 Å². The number of hydrogen-bond donors (Lipinski definition) is 1. The first-order valence-corrected chi connectivity index (χ1v) is 8.02. The fourth-order valence-corrected chi connectivity index (χ4v) is 2.32. The topological polar surface area (TPSA) is 98.5 Å². The van der Waals surface area contributed by atoms with E-state index < -0.39 is 34.2 Å². The van der Waals surface area contributed by atoms with Crippen LogP contribution in [0.25, 0.3) is 0 Å². The molecule has 1 amide bonds. The van der Waals surface area contributed by atoms with Crippen LogP contribution in [0.4, 0.5) is 18.9 Å². The summed E-state index contributed by atoms with van der Waals surface area (Å²) in [6.07, 6.45) is -4.52. The number of nitro groups is 1. The second kappa shape index (κ2) is 8.51. The summed E-state index contributed by atoms with van der Waals surface area (Å²) < 4.78 is 43.0. The van der Waals surface area contributed by atoms with Gasteiger partial charge in [-0.2, -0.15) is 13.2 Å². The van der Waals surface area contributed by atoms with Gasteiger partial charge in [0, 0.05) is 24.2 Å². The third-order valence-electron chi connectivity index (χ3n) is 3.61. The molecule has 0 aliphatic heterocycles. The number of amides is 1. The number of carbonyl (C=O) groups is 2. The van der Waals surface area contributed by atoms with Gasteiger partial charge in [-0.15, -0.1) is 0 Å². The number of hydrogen-bond acceptors (Lipinski definition) is 5. The Kier molecular flexibility index (Phi) is 6.34. The Morgan fingerprint density at radius 3 is 2.43 bits per heavy atom. The van der Waals surface area contributed by atoms with Gasteiger partial charge < -0.3 is 10.1 Å². The molecule has 0 aromatic heterocycles. The fraction of sp³-hybridized carbons (Fsp3) is 0.222. The van der Waals surface area contributed by atoms with Crippen molar-refractivity contribution in [2.45, 2.75) is 19.6 Å². The van der Waals surface area contributed by atoms with Crippen molar-refractivity contribution in [3.05, 3.63) is 74.8 Å². The second-order valence-corrected chi connectivity index (χ2v) is 5.63. The van der Waals surface area contributed by atoms with Crippen molar-refractivity contribution in [2.75, 3.05) is 6.61 Å². The molecule has 0 unspecified atom stereocenters. The molecular weight excluding hydrogens is 381 g/mol. The summed E-state index contributed by atoms with van der Waals surface area (Å²) in [5.41, 5.74) is -1.53. The highest BCUT2D eigenvalue weighted by molar-refractivity contribution is 5.99. The molecule has 0 saturated heterocycles. The summed E-state index contributed by atoms with van der Waals surface area (Å²) in [5, 5.41) is 13.4. The van der Waals surface area contributed by atoms with Crippen LogP contribution in [0.5, 0.6) is 0 Å². The van der Waals surface area contributed by atoms with Crippen LogP contribution >= 0.6 is 0 Å². The number of non-ortho nitro benzene ring substituents is 1. The van der Waals surface area contributed by atoms with E-state index in [4.69, 9.17) is 4.74 Å². The molecule has 0 spiro atoms. The van der Waals surface area contributed by atoms with Gasteiger partial charge in [-0.3, -0.25) is 14.9 Å². The molecule has 0 heterocycles. The van der Waals surface area contributed by atoms with Gasteiger partial charge in [0.25, 0.3) is 11.6 Å². The van der Waals surface area contributed by atoms with E-state index in [1.165, 1.54) is 12.1 Å². The SMILES string of the molecule is CCOC(=O)c1cc(C(=O)NCc2cccc(C(F)(F)F)c2)cc([N+](=O)[O-])c1.